The highest BCUT2D eigenvalue weighted by atomic mass is 35.5. The van der Waals surface area contributed by atoms with Gasteiger partial charge in [0.25, 0.3) is 15.9 Å². The number of aryl methyl sites for hydroxylation is 1. The summed E-state index contributed by atoms with van der Waals surface area (Å²) in [5, 5.41) is 0.794. The summed E-state index contributed by atoms with van der Waals surface area (Å²) in [7, 11) is -3.61. The number of fused-ring (bicyclic) bond motifs is 1. The molecule has 11 heteroatoms. The summed E-state index contributed by atoms with van der Waals surface area (Å²) in [6.45, 7) is 2.55. The zero-order valence-electron chi connectivity index (χ0n) is 16.5. The first-order chi connectivity index (χ1) is 14.7. The van der Waals surface area contributed by atoms with E-state index in [1.165, 1.54) is 16.4 Å². The van der Waals surface area contributed by atoms with Gasteiger partial charge in [-0.15, -0.1) is 11.3 Å². The van der Waals surface area contributed by atoms with Crippen LogP contribution in [-0.2, 0) is 14.8 Å². The summed E-state index contributed by atoms with van der Waals surface area (Å²) in [4.78, 5) is 25.6. The number of rotatable bonds is 5. The van der Waals surface area contributed by atoms with Crippen LogP contribution in [0.25, 0.3) is 11.0 Å². The highest BCUT2D eigenvalue weighted by Crippen LogP contribution is 2.28. The number of sulfonamides is 1. The second-order valence-electron chi connectivity index (χ2n) is 7.04. The van der Waals surface area contributed by atoms with Gasteiger partial charge in [-0.1, -0.05) is 11.6 Å². The normalized spacial score (nSPS) is 15.4. The first kappa shape index (κ1) is 21.8. The van der Waals surface area contributed by atoms with Crippen LogP contribution in [0, 0.1) is 6.92 Å². The third kappa shape index (κ3) is 4.62. The molecule has 31 heavy (non-hydrogen) atoms. The van der Waals surface area contributed by atoms with Crippen LogP contribution in [0.2, 0.25) is 4.34 Å². The molecule has 8 nitrogen and oxygen atoms in total. The average molecular weight is 483 g/mol. The van der Waals surface area contributed by atoms with Crippen molar-refractivity contribution in [3.05, 3.63) is 56.7 Å². The first-order valence-corrected chi connectivity index (χ1v) is 12.1. The van der Waals surface area contributed by atoms with Gasteiger partial charge in [-0.2, -0.15) is 4.31 Å². The lowest BCUT2D eigenvalue weighted by molar-refractivity contribution is -0.134. The van der Waals surface area contributed by atoms with Gasteiger partial charge in [-0.25, -0.2) is 13.2 Å². The Bertz CT molecular complexity index is 1290. The highest BCUT2D eigenvalue weighted by Gasteiger charge is 2.31. The average Bonchev–Trinajstić information content (AvgIpc) is 3.19. The van der Waals surface area contributed by atoms with Crippen molar-refractivity contribution < 1.29 is 22.4 Å². The molecule has 4 rings (SSSR count). The topological polar surface area (TPSA) is 97.1 Å². The number of thiophene rings is 1. The summed E-state index contributed by atoms with van der Waals surface area (Å²) >= 11 is 6.86. The number of piperazine rings is 1. The molecule has 0 saturated carbocycles. The Labute approximate surface area is 187 Å². The van der Waals surface area contributed by atoms with Crippen molar-refractivity contribution in [1.82, 2.24) is 9.21 Å². The molecule has 3 heterocycles. The summed E-state index contributed by atoms with van der Waals surface area (Å²) < 4.78 is 38.0. The van der Waals surface area contributed by atoms with Gasteiger partial charge >= 0.3 is 5.63 Å². The maximum absolute atomic E-state index is 12.7. The van der Waals surface area contributed by atoms with Crippen LogP contribution >= 0.6 is 22.9 Å². The van der Waals surface area contributed by atoms with Gasteiger partial charge in [0.1, 0.15) is 15.5 Å². The fourth-order valence-corrected chi connectivity index (χ4v) is 6.43. The highest BCUT2D eigenvalue weighted by molar-refractivity contribution is 7.91. The number of amides is 1. The van der Waals surface area contributed by atoms with Crippen molar-refractivity contribution in [2.75, 3.05) is 32.8 Å². The van der Waals surface area contributed by atoms with E-state index in [4.69, 9.17) is 20.8 Å². The molecule has 3 aromatic rings. The molecular formula is C20H19ClN2O6S2. The third-order valence-electron chi connectivity index (χ3n) is 5.02. The largest absolute Gasteiger partial charge is 0.484 e. The summed E-state index contributed by atoms with van der Waals surface area (Å²) in [5.74, 6) is 0.160. The van der Waals surface area contributed by atoms with Crippen molar-refractivity contribution in [3.8, 4) is 5.75 Å². The monoisotopic (exact) mass is 482 g/mol. The summed E-state index contributed by atoms with van der Waals surface area (Å²) in [6, 6.07) is 9.51. The number of halogens is 1. The van der Waals surface area contributed by atoms with E-state index in [9.17, 15) is 18.0 Å². The van der Waals surface area contributed by atoms with Gasteiger partial charge in [0.15, 0.2) is 6.61 Å². The Balaban J connectivity index is 1.35. The SMILES string of the molecule is Cc1cc(=O)oc2cc(OCC(=O)N3CCN(S(=O)(=O)c4ccc(Cl)s4)CC3)ccc12. The zero-order chi connectivity index (χ0) is 22.2. The molecule has 0 aliphatic carbocycles. The van der Waals surface area contributed by atoms with E-state index in [0.717, 1.165) is 22.3 Å². The van der Waals surface area contributed by atoms with E-state index in [1.54, 1.807) is 29.2 Å². The fraction of sp³-hybridized carbons (Fsp3) is 0.300. The summed E-state index contributed by atoms with van der Waals surface area (Å²) in [6.07, 6.45) is 0. The molecule has 164 valence electrons. The minimum atomic E-state index is -3.61. The standard InChI is InChI=1S/C20H19ClN2O6S2/c1-13-10-19(25)29-16-11-14(2-3-15(13)16)28-12-18(24)22-6-8-23(9-7-22)31(26,27)20-5-4-17(21)30-20/h2-5,10-11H,6-9,12H2,1H3. The minimum Gasteiger partial charge on any atom is -0.484 e. The first-order valence-electron chi connectivity index (χ1n) is 9.44. The number of benzene rings is 1. The molecule has 0 N–H and O–H groups in total. The molecule has 0 spiro atoms. The van der Waals surface area contributed by atoms with E-state index >= 15 is 0 Å². The van der Waals surface area contributed by atoms with E-state index in [-0.39, 0.29) is 42.9 Å². The third-order valence-corrected chi connectivity index (χ3v) is 8.62. The van der Waals surface area contributed by atoms with Gasteiger partial charge in [0.2, 0.25) is 0 Å². The van der Waals surface area contributed by atoms with Crippen LogP contribution in [0.1, 0.15) is 5.56 Å². The predicted molar refractivity (Wildman–Crippen MR) is 117 cm³/mol. The predicted octanol–water partition coefficient (Wildman–Crippen LogP) is 2.73. The van der Waals surface area contributed by atoms with Crippen LogP contribution in [0.4, 0.5) is 0 Å². The maximum Gasteiger partial charge on any atom is 0.336 e. The van der Waals surface area contributed by atoms with Gasteiger partial charge < -0.3 is 14.1 Å². The Hall–Kier alpha value is -2.40. The van der Waals surface area contributed by atoms with Crippen molar-refractivity contribution in [3.63, 3.8) is 0 Å². The number of ether oxygens (including phenoxy) is 1. The lowest BCUT2D eigenvalue weighted by Gasteiger charge is -2.33. The number of nitrogens with zero attached hydrogens (tertiary/aromatic N) is 2. The Morgan fingerprint density at radius 3 is 2.58 bits per heavy atom. The second kappa shape index (κ2) is 8.62. The molecule has 2 aromatic heterocycles. The number of hydrogen-bond acceptors (Lipinski definition) is 7. The molecule has 1 aromatic carbocycles. The molecule has 1 saturated heterocycles. The van der Waals surface area contributed by atoms with E-state index in [2.05, 4.69) is 0 Å². The zero-order valence-corrected chi connectivity index (χ0v) is 18.9. The number of hydrogen-bond donors (Lipinski definition) is 0. The van der Waals surface area contributed by atoms with Crippen molar-refractivity contribution in [1.29, 1.82) is 0 Å². The van der Waals surface area contributed by atoms with Crippen LogP contribution in [-0.4, -0.2) is 56.3 Å². The fourth-order valence-electron chi connectivity index (χ4n) is 3.37. The molecule has 1 fully saturated rings. The van der Waals surface area contributed by atoms with Gasteiger partial charge in [0, 0.05) is 43.7 Å². The van der Waals surface area contributed by atoms with Crippen LogP contribution in [0.15, 0.2) is 49.8 Å². The molecule has 0 radical (unpaired) electrons. The maximum atomic E-state index is 12.7. The van der Waals surface area contributed by atoms with Crippen molar-refractivity contribution in [2.45, 2.75) is 11.1 Å². The lowest BCUT2D eigenvalue weighted by atomic mass is 10.1. The Morgan fingerprint density at radius 2 is 1.90 bits per heavy atom. The Morgan fingerprint density at radius 1 is 1.16 bits per heavy atom. The molecule has 0 unspecified atom stereocenters. The Kier molecular flexibility index (Phi) is 6.07. The molecule has 0 bridgehead atoms. The van der Waals surface area contributed by atoms with Crippen molar-refractivity contribution >= 4 is 49.8 Å². The molecule has 0 atom stereocenters. The number of carbonyl (C=O) groups is 1. The van der Waals surface area contributed by atoms with Crippen LogP contribution in [0.3, 0.4) is 0 Å². The van der Waals surface area contributed by atoms with Gasteiger partial charge in [-0.05, 0) is 36.8 Å². The molecule has 1 amide bonds. The number of carbonyl (C=O) groups excluding carboxylic acids is 1. The minimum absolute atomic E-state index is 0.193. The smallest absolute Gasteiger partial charge is 0.336 e. The van der Waals surface area contributed by atoms with Crippen molar-refractivity contribution in [2.24, 2.45) is 0 Å². The van der Waals surface area contributed by atoms with E-state index in [1.807, 2.05) is 6.92 Å². The van der Waals surface area contributed by atoms with E-state index in [0.29, 0.717) is 15.7 Å². The second-order valence-corrected chi connectivity index (χ2v) is 10.9. The quantitative estimate of drug-likeness (QED) is 0.519. The molecule has 1 aliphatic rings. The lowest BCUT2D eigenvalue weighted by Crippen LogP contribution is -2.51. The van der Waals surface area contributed by atoms with Gasteiger partial charge in [0.05, 0.1) is 4.34 Å². The molecule has 1 aliphatic heterocycles. The van der Waals surface area contributed by atoms with Crippen LogP contribution < -0.4 is 10.4 Å². The summed E-state index contributed by atoms with van der Waals surface area (Å²) in [5.41, 5.74) is 0.741. The molecular weight excluding hydrogens is 464 g/mol. The van der Waals surface area contributed by atoms with Gasteiger partial charge in [-0.3, -0.25) is 4.79 Å². The van der Waals surface area contributed by atoms with E-state index < -0.39 is 15.6 Å². The van der Waals surface area contributed by atoms with Crippen LogP contribution in [0.5, 0.6) is 5.75 Å².